The van der Waals surface area contributed by atoms with Crippen molar-refractivity contribution in [2.45, 2.75) is 20.5 Å². The third kappa shape index (κ3) is 4.35. The minimum atomic E-state index is -0.549. The zero-order chi connectivity index (χ0) is 17.4. The molecule has 0 aliphatic heterocycles. The number of aryl methyl sites for hydroxylation is 1. The quantitative estimate of drug-likeness (QED) is 0.444. The Morgan fingerprint density at radius 1 is 1.08 bits per heavy atom. The van der Waals surface area contributed by atoms with Crippen LogP contribution in [0.4, 0.5) is 0 Å². The molecule has 5 nitrogen and oxygen atoms in total. The van der Waals surface area contributed by atoms with Crippen LogP contribution >= 0.6 is 0 Å². The maximum Gasteiger partial charge on any atom is 0.360 e. The smallest absolute Gasteiger partial charge is 0.360 e. The molecule has 0 radical (unpaired) electrons. The fourth-order valence-electron chi connectivity index (χ4n) is 2.17. The average Bonchev–Trinajstić information content (AvgIpc) is 2.62. The SMILES string of the molecule is CCON=C(C(=O)OC)c1ccccc1COc1ccccc1C. The minimum absolute atomic E-state index is 0.128. The van der Waals surface area contributed by atoms with Crippen LogP contribution in [0.15, 0.2) is 53.7 Å². The summed E-state index contributed by atoms with van der Waals surface area (Å²) in [5.41, 5.74) is 2.63. The van der Waals surface area contributed by atoms with Gasteiger partial charge in [0.2, 0.25) is 0 Å². The lowest BCUT2D eigenvalue weighted by molar-refractivity contribution is -0.132. The molecule has 0 heterocycles. The fraction of sp³-hybridized carbons (Fsp3) is 0.263. The maximum absolute atomic E-state index is 12.0. The van der Waals surface area contributed by atoms with Crippen LogP contribution in [-0.4, -0.2) is 25.4 Å². The number of carbonyl (C=O) groups is 1. The summed E-state index contributed by atoms with van der Waals surface area (Å²) in [7, 11) is 1.32. The predicted molar refractivity (Wildman–Crippen MR) is 92.1 cm³/mol. The second-order valence-electron chi connectivity index (χ2n) is 5.06. The number of hydrogen-bond acceptors (Lipinski definition) is 5. The van der Waals surface area contributed by atoms with Gasteiger partial charge in [0.15, 0.2) is 5.71 Å². The van der Waals surface area contributed by atoms with E-state index in [4.69, 9.17) is 14.3 Å². The van der Waals surface area contributed by atoms with Crippen molar-refractivity contribution in [2.75, 3.05) is 13.7 Å². The number of hydrogen-bond donors (Lipinski definition) is 0. The molecule has 0 saturated carbocycles. The summed E-state index contributed by atoms with van der Waals surface area (Å²) in [6.45, 7) is 4.45. The van der Waals surface area contributed by atoms with E-state index in [0.29, 0.717) is 18.8 Å². The Labute approximate surface area is 141 Å². The highest BCUT2D eigenvalue weighted by Gasteiger charge is 2.19. The maximum atomic E-state index is 12.0. The molecule has 0 bridgehead atoms. The number of ether oxygens (including phenoxy) is 2. The highest BCUT2D eigenvalue weighted by Crippen LogP contribution is 2.20. The number of para-hydroxylation sites is 1. The molecule has 2 rings (SSSR count). The van der Waals surface area contributed by atoms with Gasteiger partial charge < -0.3 is 14.3 Å². The van der Waals surface area contributed by atoms with E-state index in [1.807, 2.05) is 49.4 Å². The number of rotatable bonds is 7. The molecule has 0 aromatic heterocycles. The lowest BCUT2D eigenvalue weighted by Crippen LogP contribution is -2.20. The molecule has 0 aliphatic rings. The first-order valence-corrected chi connectivity index (χ1v) is 7.72. The van der Waals surface area contributed by atoms with Gasteiger partial charge in [-0.1, -0.05) is 47.6 Å². The van der Waals surface area contributed by atoms with Crippen molar-refractivity contribution in [1.82, 2.24) is 0 Å². The van der Waals surface area contributed by atoms with Crippen molar-refractivity contribution in [3.05, 3.63) is 65.2 Å². The Balaban J connectivity index is 2.28. The van der Waals surface area contributed by atoms with Crippen molar-refractivity contribution in [3.8, 4) is 5.75 Å². The van der Waals surface area contributed by atoms with Crippen LogP contribution in [0.1, 0.15) is 23.6 Å². The Kier molecular flexibility index (Phi) is 6.37. The van der Waals surface area contributed by atoms with Crippen molar-refractivity contribution in [3.63, 3.8) is 0 Å². The van der Waals surface area contributed by atoms with Gasteiger partial charge in [-0.15, -0.1) is 0 Å². The highest BCUT2D eigenvalue weighted by atomic mass is 16.6. The van der Waals surface area contributed by atoms with E-state index in [0.717, 1.165) is 16.9 Å². The first-order chi connectivity index (χ1) is 11.7. The van der Waals surface area contributed by atoms with E-state index in [9.17, 15) is 4.79 Å². The molecule has 2 aromatic carbocycles. The van der Waals surface area contributed by atoms with Gasteiger partial charge in [0.25, 0.3) is 0 Å². The predicted octanol–water partition coefficient (Wildman–Crippen LogP) is 3.49. The van der Waals surface area contributed by atoms with E-state index >= 15 is 0 Å². The zero-order valence-corrected chi connectivity index (χ0v) is 14.1. The Hall–Kier alpha value is -2.82. The molecule has 0 spiro atoms. The molecule has 0 N–H and O–H groups in total. The largest absolute Gasteiger partial charge is 0.489 e. The summed E-state index contributed by atoms with van der Waals surface area (Å²) < 4.78 is 10.7. The van der Waals surface area contributed by atoms with Crippen molar-refractivity contribution in [1.29, 1.82) is 0 Å². The number of methoxy groups -OCH3 is 1. The van der Waals surface area contributed by atoms with E-state index in [2.05, 4.69) is 5.16 Å². The van der Waals surface area contributed by atoms with Crippen LogP contribution in [0.2, 0.25) is 0 Å². The molecule has 5 heteroatoms. The van der Waals surface area contributed by atoms with Gasteiger partial charge in [-0.3, -0.25) is 0 Å². The van der Waals surface area contributed by atoms with E-state index in [1.165, 1.54) is 7.11 Å². The first-order valence-electron chi connectivity index (χ1n) is 7.72. The minimum Gasteiger partial charge on any atom is -0.489 e. The van der Waals surface area contributed by atoms with E-state index in [1.54, 1.807) is 13.0 Å². The monoisotopic (exact) mass is 327 g/mol. The average molecular weight is 327 g/mol. The molecule has 2 aromatic rings. The van der Waals surface area contributed by atoms with Gasteiger partial charge in [-0.25, -0.2) is 4.79 Å². The molecule has 0 fully saturated rings. The first kappa shape index (κ1) is 17.5. The molecule has 0 atom stereocenters. The second kappa shape index (κ2) is 8.72. The molecule has 0 saturated heterocycles. The Morgan fingerprint density at radius 3 is 2.50 bits per heavy atom. The van der Waals surface area contributed by atoms with Crippen LogP contribution in [0.25, 0.3) is 0 Å². The number of esters is 1. The second-order valence-corrected chi connectivity index (χ2v) is 5.06. The van der Waals surface area contributed by atoms with Gasteiger partial charge in [0.1, 0.15) is 19.0 Å². The number of carbonyl (C=O) groups excluding carboxylic acids is 1. The molecule has 126 valence electrons. The zero-order valence-electron chi connectivity index (χ0n) is 14.1. The normalized spacial score (nSPS) is 11.0. The van der Waals surface area contributed by atoms with E-state index in [-0.39, 0.29) is 5.71 Å². The summed E-state index contributed by atoms with van der Waals surface area (Å²) in [5.74, 6) is 0.250. The lowest BCUT2D eigenvalue weighted by Gasteiger charge is -2.13. The summed E-state index contributed by atoms with van der Waals surface area (Å²) in [6.07, 6.45) is 0. The Morgan fingerprint density at radius 2 is 1.79 bits per heavy atom. The standard InChI is InChI=1S/C19H21NO4/c1-4-24-20-18(19(21)22-3)16-11-7-6-10-15(16)13-23-17-12-8-5-9-14(17)2/h5-12H,4,13H2,1-3H3. The topological polar surface area (TPSA) is 57.1 Å². The van der Waals surface area contributed by atoms with Gasteiger partial charge >= 0.3 is 5.97 Å². The fourth-order valence-corrected chi connectivity index (χ4v) is 2.17. The molecule has 0 aliphatic carbocycles. The lowest BCUT2D eigenvalue weighted by atomic mass is 10.0. The van der Waals surface area contributed by atoms with Crippen LogP contribution in [-0.2, 0) is 21.0 Å². The number of nitrogens with zero attached hydrogens (tertiary/aromatic N) is 1. The van der Waals surface area contributed by atoms with Crippen molar-refractivity contribution < 1.29 is 19.1 Å². The number of oxime groups is 1. The molecular weight excluding hydrogens is 306 g/mol. The summed E-state index contributed by atoms with van der Waals surface area (Å²) in [4.78, 5) is 17.1. The summed E-state index contributed by atoms with van der Waals surface area (Å²) in [6, 6.07) is 15.2. The third-order valence-corrected chi connectivity index (χ3v) is 3.41. The van der Waals surface area contributed by atoms with Gasteiger partial charge in [-0.05, 0) is 31.0 Å². The Bertz CT molecular complexity index is 725. The van der Waals surface area contributed by atoms with Crippen molar-refractivity contribution in [2.24, 2.45) is 5.16 Å². The molecule has 0 amide bonds. The molecular formula is C19H21NO4. The number of benzene rings is 2. The van der Waals surface area contributed by atoms with E-state index < -0.39 is 5.97 Å². The molecule has 0 unspecified atom stereocenters. The van der Waals surface area contributed by atoms with Gasteiger partial charge in [-0.2, -0.15) is 0 Å². The third-order valence-electron chi connectivity index (χ3n) is 3.41. The molecule has 24 heavy (non-hydrogen) atoms. The van der Waals surface area contributed by atoms with Gasteiger partial charge in [0.05, 0.1) is 7.11 Å². The highest BCUT2D eigenvalue weighted by molar-refractivity contribution is 6.43. The van der Waals surface area contributed by atoms with Crippen LogP contribution in [0.3, 0.4) is 0 Å². The van der Waals surface area contributed by atoms with Gasteiger partial charge in [0, 0.05) is 5.56 Å². The summed E-state index contributed by atoms with van der Waals surface area (Å²) in [5, 5.41) is 3.90. The van der Waals surface area contributed by atoms with Crippen LogP contribution < -0.4 is 4.74 Å². The summed E-state index contributed by atoms with van der Waals surface area (Å²) >= 11 is 0. The van der Waals surface area contributed by atoms with Crippen molar-refractivity contribution >= 4 is 11.7 Å². The van der Waals surface area contributed by atoms with Crippen LogP contribution in [0.5, 0.6) is 5.75 Å². The van der Waals surface area contributed by atoms with Crippen LogP contribution in [0, 0.1) is 6.92 Å².